The number of amides is 1. The lowest BCUT2D eigenvalue weighted by Crippen LogP contribution is -2.42. The first kappa shape index (κ1) is 16.3. The molecule has 1 aliphatic carbocycles. The number of nitrogens with one attached hydrogen (secondary N) is 1. The van der Waals surface area contributed by atoms with Crippen molar-refractivity contribution in [1.82, 2.24) is 4.90 Å². The molecule has 21 heavy (non-hydrogen) atoms. The van der Waals surface area contributed by atoms with Crippen molar-refractivity contribution in [2.75, 3.05) is 18.9 Å². The molecule has 0 heterocycles. The Kier molecular flexibility index (Phi) is 5.62. The van der Waals surface area contributed by atoms with Gasteiger partial charge in [0.1, 0.15) is 0 Å². The molecule has 1 aliphatic rings. The van der Waals surface area contributed by atoms with Crippen LogP contribution < -0.4 is 11.1 Å². The van der Waals surface area contributed by atoms with Gasteiger partial charge < -0.3 is 11.1 Å². The summed E-state index contributed by atoms with van der Waals surface area (Å²) in [7, 11) is 2.01. The Bertz CT molecular complexity index is 498. The summed E-state index contributed by atoms with van der Waals surface area (Å²) in [5.41, 5.74) is 7.61. The number of carbonyl (C=O) groups is 1. The molecule has 2 rings (SSSR count). The van der Waals surface area contributed by atoms with E-state index < -0.39 is 0 Å². The van der Waals surface area contributed by atoms with E-state index in [1.165, 1.54) is 0 Å². The zero-order valence-electron chi connectivity index (χ0n) is 12.7. The third kappa shape index (κ3) is 4.43. The summed E-state index contributed by atoms with van der Waals surface area (Å²) in [5.74, 6) is -0.00209. The Morgan fingerprint density at radius 1 is 1.38 bits per heavy atom. The van der Waals surface area contributed by atoms with Crippen LogP contribution in [0.2, 0.25) is 5.02 Å². The molecule has 1 aromatic carbocycles. The van der Waals surface area contributed by atoms with E-state index in [1.807, 2.05) is 32.2 Å². The molecule has 4 nitrogen and oxygen atoms in total. The van der Waals surface area contributed by atoms with Gasteiger partial charge in [0.25, 0.3) is 0 Å². The van der Waals surface area contributed by atoms with Crippen LogP contribution in [0.15, 0.2) is 18.2 Å². The highest BCUT2D eigenvalue weighted by atomic mass is 35.5. The second kappa shape index (κ2) is 7.25. The van der Waals surface area contributed by atoms with Crippen molar-refractivity contribution >= 4 is 23.2 Å². The first-order valence-corrected chi connectivity index (χ1v) is 7.86. The summed E-state index contributed by atoms with van der Waals surface area (Å²) in [6, 6.07) is 6.33. The molecule has 116 valence electrons. The van der Waals surface area contributed by atoms with Crippen LogP contribution in [0.4, 0.5) is 5.69 Å². The number of carbonyl (C=O) groups excluding carboxylic acids is 1. The lowest BCUT2D eigenvalue weighted by Gasteiger charge is -2.33. The van der Waals surface area contributed by atoms with Crippen LogP contribution in [-0.4, -0.2) is 36.5 Å². The number of hydrogen-bond donors (Lipinski definition) is 2. The molecule has 0 aliphatic heterocycles. The van der Waals surface area contributed by atoms with E-state index in [-0.39, 0.29) is 5.91 Å². The molecule has 0 unspecified atom stereocenters. The highest BCUT2D eigenvalue weighted by Gasteiger charge is 2.23. The Hall–Kier alpha value is -1.10. The van der Waals surface area contributed by atoms with Gasteiger partial charge in [-0.1, -0.05) is 17.7 Å². The summed E-state index contributed by atoms with van der Waals surface area (Å²) >= 11 is 6.06. The second-order valence-electron chi connectivity index (χ2n) is 5.94. The van der Waals surface area contributed by atoms with Gasteiger partial charge in [-0.25, -0.2) is 0 Å². The quantitative estimate of drug-likeness (QED) is 0.899. The van der Waals surface area contributed by atoms with Crippen molar-refractivity contribution in [3.05, 3.63) is 28.8 Å². The Morgan fingerprint density at radius 2 is 2.05 bits per heavy atom. The highest BCUT2D eigenvalue weighted by molar-refractivity contribution is 6.31. The fourth-order valence-corrected chi connectivity index (χ4v) is 3.01. The van der Waals surface area contributed by atoms with Gasteiger partial charge in [-0.2, -0.15) is 0 Å². The lowest BCUT2D eigenvalue weighted by molar-refractivity contribution is -0.117. The van der Waals surface area contributed by atoms with E-state index in [9.17, 15) is 4.79 Å². The summed E-state index contributed by atoms with van der Waals surface area (Å²) in [4.78, 5) is 14.3. The predicted molar refractivity (Wildman–Crippen MR) is 87.7 cm³/mol. The Morgan fingerprint density at radius 3 is 2.71 bits per heavy atom. The zero-order valence-corrected chi connectivity index (χ0v) is 13.5. The number of nitrogens with zero attached hydrogens (tertiary/aromatic N) is 1. The topological polar surface area (TPSA) is 58.4 Å². The molecule has 0 spiro atoms. The molecule has 0 bridgehead atoms. The first-order chi connectivity index (χ1) is 9.97. The van der Waals surface area contributed by atoms with E-state index in [0.717, 1.165) is 36.9 Å². The molecular weight excluding hydrogens is 286 g/mol. The van der Waals surface area contributed by atoms with Gasteiger partial charge in [0, 0.05) is 22.8 Å². The Labute approximate surface area is 131 Å². The minimum atomic E-state index is -0.00209. The van der Waals surface area contributed by atoms with Crippen LogP contribution >= 0.6 is 11.6 Å². The van der Waals surface area contributed by atoms with E-state index in [0.29, 0.717) is 23.7 Å². The first-order valence-electron chi connectivity index (χ1n) is 7.48. The molecule has 5 heteroatoms. The monoisotopic (exact) mass is 309 g/mol. The maximum absolute atomic E-state index is 12.2. The van der Waals surface area contributed by atoms with Crippen LogP contribution in [0.1, 0.15) is 31.2 Å². The molecule has 0 radical (unpaired) electrons. The fraction of sp³-hybridized carbons (Fsp3) is 0.562. The Balaban J connectivity index is 1.88. The average molecular weight is 310 g/mol. The number of halogens is 1. The van der Waals surface area contributed by atoms with Crippen molar-refractivity contribution in [3.8, 4) is 0 Å². The van der Waals surface area contributed by atoms with Crippen molar-refractivity contribution < 1.29 is 4.79 Å². The molecule has 1 amide bonds. The van der Waals surface area contributed by atoms with E-state index in [1.54, 1.807) is 0 Å². The molecule has 1 aromatic rings. The summed E-state index contributed by atoms with van der Waals surface area (Å²) in [6.45, 7) is 2.30. The van der Waals surface area contributed by atoms with Crippen molar-refractivity contribution in [3.63, 3.8) is 0 Å². The number of nitrogens with two attached hydrogens (primary N) is 1. The molecule has 0 aromatic heterocycles. The summed E-state index contributed by atoms with van der Waals surface area (Å²) < 4.78 is 0. The number of hydrogen-bond acceptors (Lipinski definition) is 3. The van der Waals surface area contributed by atoms with E-state index in [4.69, 9.17) is 17.3 Å². The summed E-state index contributed by atoms with van der Waals surface area (Å²) in [5, 5.41) is 3.61. The normalized spacial score (nSPS) is 22.3. The van der Waals surface area contributed by atoms with Gasteiger partial charge in [0.15, 0.2) is 0 Å². The maximum Gasteiger partial charge on any atom is 0.238 e. The third-order valence-corrected chi connectivity index (χ3v) is 4.71. The largest absolute Gasteiger partial charge is 0.328 e. The SMILES string of the molecule is Cc1c(Cl)cccc1NC(=O)CN(C)C1CCC(N)CC1. The van der Waals surface area contributed by atoms with Gasteiger partial charge in [-0.3, -0.25) is 9.69 Å². The lowest BCUT2D eigenvalue weighted by atomic mass is 9.91. The number of anilines is 1. The van der Waals surface area contributed by atoms with Gasteiger partial charge in [0.05, 0.1) is 6.54 Å². The van der Waals surface area contributed by atoms with Crippen molar-refractivity contribution in [2.45, 2.75) is 44.7 Å². The van der Waals surface area contributed by atoms with Crippen LogP contribution in [0.5, 0.6) is 0 Å². The minimum absolute atomic E-state index is 0.00209. The molecule has 1 saturated carbocycles. The van der Waals surface area contributed by atoms with Gasteiger partial charge in [-0.15, -0.1) is 0 Å². The van der Waals surface area contributed by atoms with Crippen LogP contribution in [0.3, 0.4) is 0 Å². The molecule has 0 saturated heterocycles. The predicted octanol–water partition coefficient (Wildman–Crippen LogP) is 2.79. The van der Waals surface area contributed by atoms with E-state index in [2.05, 4.69) is 10.2 Å². The molecule has 1 fully saturated rings. The zero-order chi connectivity index (χ0) is 15.4. The number of likely N-dealkylation sites (N-methyl/N-ethyl adjacent to an activating group) is 1. The molecule has 3 N–H and O–H groups in total. The highest BCUT2D eigenvalue weighted by Crippen LogP contribution is 2.23. The van der Waals surface area contributed by atoms with E-state index >= 15 is 0 Å². The minimum Gasteiger partial charge on any atom is -0.328 e. The smallest absolute Gasteiger partial charge is 0.238 e. The standard InChI is InChI=1S/C16H24ClN3O/c1-11-14(17)4-3-5-15(11)19-16(21)10-20(2)13-8-6-12(18)7-9-13/h3-5,12-13H,6-10,18H2,1-2H3,(H,19,21). The van der Waals surface area contributed by atoms with Gasteiger partial charge in [0.2, 0.25) is 5.91 Å². The molecular formula is C16H24ClN3O. The van der Waals surface area contributed by atoms with Crippen LogP contribution in [0.25, 0.3) is 0 Å². The summed E-state index contributed by atoms with van der Waals surface area (Å²) in [6.07, 6.45) is 4.23. The van der Waals surface area contributed by atoms with Crippen molar-refractivity contribution in [1.29, 1.82) is 0 Å². The number of benzene rings is 1. The van der Waals surface area contributed by atoms with Gasteiger partial charge in [-0.05, 0) is 57.4 Å². The van der Waals surface area contributed by atoms with Crippen LogP contribution in [0, 0.1) is 6.92 Å². The van der Waals surface area contributed by atoms with Gasteiger partial charge >= 0.3 is 0 Å². The number of rotatable bonds is 4. The van der Waals surface area contributed by atoms with Crippen LogP contribution in [-0.2, 0) is 4.79 Å². The average Bonchev–Trinajstić information content (AvgIpc) is 2.44. The maximum atomic E-state index is 12.2. The third-order valence-electron chi connectivity index (χ3n) is 4.30. The fourth-order valence-electron chi connectivity index (χ4n) is 2.83. The van der Waals surface area contributed by atoms with Crippen molar-refractivity contribution in [2.24, 2.45) is 5.73 Å². The second-order valence-corrected chi connectivity index (χ2v) is 6.35. The molecule has 0 atom stereocenters.